The van der Waals surface area contributed by atoms with E-state index in [4.69, 9.17) is 0 Å². The maximum Gasteiger partial charge on any atom is 0.0907 e. The normalized spacial score (nSPS) is 36.6. The van der Waals surface area contributed by atoms with Crippen LogP contribution in [0.1, 0.15) is 13.8 Å². The molecule has 0 aromatic heterocycles. The molecular formula is C9H13IO. The molecule has 0 radical (unpaired) electrons. The molecule has 2 atom stereocenters. The number of allylic oxidation sites excluding steroid dienone is 2. The molecule has 2 unspecified atom stereocenters. The molecule has 0 fully saturated rings. The highest BCUT2D eigenvalue weighted by Crippen LogP contribution is 2.36. The van der Waals surface area contributed by atoms with Gasteiger partial charge in [-0.15, -0.1) is 0 Å². The first-order chi connectivity index (χ1) is 5.07. The summed E-state index contributed by atoms with van der Waals surface area (Å²) in [5, 5.41) is 9.65. The molecule has 0 aromatic carbocycles. The summed E-state index contributed by atoms with van der Waals surface area (Å²) in [6.45, 7) is 4.25. The number of aliphatic hydroxyl groups is 1. The van der Waals surface area contributed by atoms with Crippen LogP contribution >= 0.6 is 22.6 Å². The minimum absolute atomic E-state index is 0.105. The van der Waals surface area contributed by atoms with Crippen molar-refractivity contribution in [3.05, 3.63) is 24.3 Å². The van der Waals surface area contributed by atoms with Gasteiger partial charge in [0.15, 0.2) is 0 Å². The van der Waals surface area contributed by atoms with Crippen molar-refractivity contribution in [2.24, 2.45) is 5.92 Å². The lowest BCUT2D eigenvalue weighted by Gasteiger charge is -2.33. The molecule has 1 N–H and O–H groups in total. The molecule has 1 rings (SSSR count). The van der Waals surface area contributed by atoms with Gasteiger partial charge in [-0.2, -0.15) is 0 Å². The Morgan fingerprint density at radius 1 is 1.45 bits per heavy atom. The second-order valence-electron chi connectivity index (χ2n) is 3.17. The van der Waals surface area contributed by atoms with Gasteiger partial charge in [0.05, 0.1) is 9.53 Å². The standard InChI is InChI=1S/C9H13IO/c1-7(2)9(10)6-4-3-5-8(9)11/h3-8,11H,1-2H3. The Morgan fingerprint density at radius 2 is 2.09 bits per heavy atom. The van der Waals surface area contributed by atoms with Crippen molar-refractivity contribution in [3.63, 3.8) is 0 Å². The van der Waals surface area contributed by atoms with E-state index < -0.39 is 0 Å². The fourth-order valence-corrected chi connectivity index (χ4v) is 1.57. The van der Waals surface area contributed by atoms with Crippen LogP contribution in [0.2, 0.25) is 0 Å². The van der Waals surface area contributed by atoms with E-state index in [9.17, 15) is 5.11 Å². The zero-order chi connectivity index (χ0) is 8.48. The predicted molar refractivity (Wildman–Crippen MR) is 55.9 cm³/mol. The minimum atomic E-state index is -0.340. The number of hydrogen-bond donors (Lipinski definition) is 1. The van der Waals surface area contributed by atoms with Gasteiger partial charge in [-0.25, -0.2) is 0 Å². The van der Waals surface area contributed by atoms with E-state index in [-0.39, 0.29) is 9.53 Å². The molecule has 1 aliphatic rings. The molecule has 0 spiro atoms. The lowest BCUT2D eigenvalue weighted by Crippen LogP contribution is -2.38. The van der Waals surface area contributed by atoms with Crippen LogP contribution in [0.3, 0.4) is 0 Å². The molecule has 2 heteroatoms. The van der Waals surface area contributed by atoms with Gasteiger partial charge in [-0.1, -0.05) is 60.7 Å². The third kappa shape index (κ3) is 1.67. The molecule has 0 heterocycles. The van der Waals surface area contributed by atoms with Crippen LogP contribution in [-0.4, -0.2) is 14.6 Å². The Labute approximate surface area is 81.3 Å². The third-order valence-electron chi connectivity index (χ3n) is 2.09. The van der Waals surface area contributed by atoms with Crippen molar-refractivity contribution < 1.29 is 5.11 Å². The molecule has 0 amide bonds. The highest BCUT2D eigenvalue weighted by atomic mass is 127. The number of hydrogen-bond acceptors (Lipinski definition) is 1. The molecule has 0 bridgehead atoms. The van der Waals surface area contributed by atoms with Gasteiger partial charge in [0.2, 0.25) is 0 Å². The lowest BCUT2D eigenvalue weighted by molar-refractivity contribution is 0.177. The summed E-state index contributed by atoms with van der Waals surface area (Å²) in [5.41, 5.74) is 0. The predicted octanol–water partition coefficient (Wildman–Crippen LogP) is 2.30. The van der Waals surface area contributed by atoms with E-state index in [1.165, 1.54) is 0 Å². The summed E-state index contributed by atoms with van der Waals surface area (Å²) in [6, 6.07) is 0. The average molecular weight is 264 g/mol. The molecule has 0 saturated heterocycles. The molecule has 0 saturated carbocycles. The number of aliphatic hydroxyl groups excluding tert-OH is 1. The molecule has 0 aliphatic heterocycles. The topological polar surface area (TPSA) is 20.2 Å². The maximum atomic E-state index is 9.65. The molecule has 1 aliphatic carbocycles. The van der Waals surface area contributed by atoms with Crippen LogP contribution < -0.4 is 0 Å². The molecular weight excluding hydrogens is 251 g/mol. The number of rotatable bonds is 1. The average Bonchev–Trinajstić information content (AvgIpc) is 1.95. The summed E-state index contributed by atoms with van der Waals surface area (Å²) in [6.07, 6.45) is 7.46. The smallest absolute Gasteiger partial charge is 0.0907 e. The fourth-order valence-electron chi connectivity index (χ4n) is 1.15. The van der Waals surface area contributed by atoms with Crippen LogP contribution in [0.15, 0.2) is 24.3 Å². The first kappa shape index (κ1) is 9.26. The van der Waals surface area contributed by atoms with Crippen LogP contribution in [0.25, 0.3) is 0 Å². The number of halogens is 1. The van der Waals surface area contributed by atoms with E-state index in [2.05, 4.69) is 42.5 Å². The van der Waals surface area contributed by atoms with Crippen LogP contribution in [0.4, 0.5) is 0 Å². The van der Waals surface area contributed by atoms with Gasteiger partial charge < -0.3 is 5.11 Å². The van der Waals surface area contributed by atoms with Crippen molar-refractivity contribution in [2.45, 2.75) is 23.4 Å². The fraction of sp³-hybridized carbons (Fsp3) is 0.556. The van der Waals surface area contributed by atoms with Crippen LogP contribution in [-0.2, 0) is 0 Å². The largest absolute Gasteiger partial charge is 0.387 e. The summed E-state index contributed by atoms with van der Waals surface area (Å²) < 4.78 is -0.105. The SMILES string of the molecule is CC(C)C1(I)C=CC=CC1O. The summed E-state index contributed by atoms with van der Waals surface area (Å²) >= 11 is 2.32. The summed E-state index contributed by atoms with van der Waals surface area (Å²) in [5.74, 6) is 0.458. The summed E-state index contributed by atoms with van der Waals surface area (Å²) in [7, 11) is 0. The zero-order valence-electron chi connectivity index (χ0n) is 6.79. The number of alkyl halides is 1. The second-order valence-corrected chi connectivity index (χ2v) is 5.04. The van der Waals surface area contributed by atoms with E-state index in [0.717, 1.165) is 0 Å². The van der Waals surface area contributed by atoms with Crippen molar-refractivity contribution >= 4 is 22.6 Å². The second kappa shape index (κ2) is 3.27. The van der Waals surface area contributed by atoms with Gasteiger partial charge in [0, 0.05) is 0 Å². The Morgan fingerprint density at radius 3 is 2.45 bits per heavy atom. The van der Waals surface area contributed by atoms with Gasteiger partial charge in [-0.3, -0.25) is 0 Å². The third-order valence-corrected chi connectivity index (χ3v) is 4.34. The highest BCUT2D eigenvalue weighted by Gasteiger charge is 2.35. The van der Waals surface area contributed by atoms with Gasteiger partial charge in [-0.05, 0) is 5.92 Å². The van der Waals surface area contributed by atoms with Gasteiger partial charge in [0.1, 0.15) is 0 Å². The molecule has 11 heavy (non-hydrogen) atoms. The Kier molecular flexibility index (Phi) is 2.75. The molecule has 1 nitrogen and oxygen atoms in total. The van der Waals surface area contributed by atoms with E-state index in [1.54, 1.807) is 0 Å². The van der Waals surface area contributed by atoms with Crippen molar-refractivity contribution in [1.82, 2.24) is 0 Å². The maximum absolute atomic E-state index is 9.65. The van der Waals surface area contributed by atoms with Crippen molar-refractivity contribution in [1.29, 1.82) is 0 Å². The van der Waals surface area contributed by atoms with Crippen LogP contribution in [0.5, 0.6) is 0 Å². The van der Waals surface area contributed by atoms with E-state index in [1.807, 2.05) is 18.2 Å². The van der Waals surface area contributed by atoms with Crippen molar-refractivity contribution in [3.8, 4) is 0 Å². The first-order valence-corrected chi connectivity index (χ1v) is 4.88. The lowest BCUT2D eigenvalue weighted by atomic mass is 9.87. The quantitative estimate of drug-likeness (QED) is 0.569. The Balaban J connectivity index is 2.85. The Hall–Kier alpha value is 0.170. The Bertz CT molecular complexity index is 196. The van der Waals surface area contributed by atoms with E-state index in [0.29, 0.717) is 5.92 Å². The monoisotopic (exact) mass is 264 g/mol. The van der Waals surface area contributed by atoms with Crippen LogP contribution in [0, 0.1) is 5.92 Å². The first-order valence-electron chi connectivity index (χ1n) is 3.80. The highest BCUT2D eigenvalue weighted by molar-refractivity contribution is 14.1. The van der Waals surface area contributed by atoms with Gasteiger partial charge in [0.25, 0.3) is 0 Å². The minimum Gasteiger partial charge on any atom is -0.387 e. The molecule has 0 aromatic rings. The zero-order valence-corrected chi connectivity index (χ0v) is 8.95. The van der Waals surface area contributed by atoms with Gasteiger partial charge >= 0.3 is 0 Å². The van der Waals surface area contributed by atoms with E-state index >= 15 is 0 Å². The molecule has 62 valence electrons. The van der Waals surface area contributed by atoms with Crippen molar-refractivity contribution in [2.75, 3.05) is 0 Å². The summed E-state index contributed by atoms with van der Waals surface area (Å²) in [4.78, 5) is 0.